The smallest absolute Gasteiger partial charge is 0.0795 e. The molecule has 1 heterocycles. The third-order valence-electron chi connectivity index (χ3n) is 5.31. The first-order chi connectivity index (χ1) is 5.82. The average molecular weight is 164 g/mol. The summed E-state index contributed by atoms with van der Waals surface area (Å²) in [5, 5.41) is 0. The lowest BCUT2D eigenvalue weighted by molar-refractivity contribution is -0.288. The number of rotatable bonds is 0. The second-order valence-corrected chi connectivity index (χ2v) is 5.43. The maximum atomic E-state index is 6.15. The minimum atomic E-state index is 0.424. The van der Waals surface area contributed by atoms with Crippen molar-refractivity contribution >= 4 is 0 Å². The Kier molecular flexibility index (Phi) is 0.863. The highest BCUT2D eigenvalue weighted by atomic mass is 16.5. The topological polar surface area (TPSA) is 9.23 Å². The monoisotopic (exact) mass is 164 g/mol. The van der Waals surface area contributed by atoms with Crippen molar-refractivity contribution in [3.8, 4) is 0 Å². The van der Waals surface area contributed by atoms with E-state index in [-0.39, 0.29) is 0 Å². The Labute approximate surface area is 73.5 Å². The van der Waals surface area contributed by atoms with Crippen molar-refractivity contribution in [2.24, 2.45) is 23.7 Å². The van der Waals surface area contributed by atoms with Crippen LogP contribution in [0.15, 0.2) is 0 Å². The van der Waals surface area contributed by atoms with E-state index in [0.717, 1.165) is 23.7 Å². The molecule has 3 saturated carbocycles. The Balaban J connectivity index is 1.86. The molecular weight excluding hydrogens is 148 g/mol. The van der Waals surface area contributed by atoms with Crippen molar-refractivity contribution in [3.63, 3.8) is 0 Å². The molecule has 12 heavy (non-hydrogen) atoms. The van der Waals surface area contributed by atoms with Crippen LogP contribution in [-0.2, 0) is 4.74 Å². The molecule has 66 valence electrons. The molecule has 4 fully saturated rings. The Morgan fingerprint density at radius 2 is 2.08 bits per heavy atom. The summed E-state index contributed by atoms with van der Waals surface area (Å²) in [6.45, 7) is 2.41. The zero-order valence-corrected chi connectivity index (χ0v) is 7.62. The van der Waals surface area contributed by atoms with Gasteiger partial charge < -0.3 is 4.74 Å². The van der Waals surface area contributed by atoms with Gasteiger partial charge in [-0.3, -0.25) is 0 Å². The van der Waals surface area contributed by atoms with Crippen LogP contribution in [0, 0.1) is 23.7 Å². The predicted octanol–water partition coefficient (Wildman–Crippen LogP) is 2.21. The van der Waals surface area contributed by atoms with Crippen LogP contribution in [0.3, 0.4) is 0 Å². The summed E-state index contributed by atoms with van der Waals surface area (Å²) in [6.07, 6.45) is 6.52. The molecule has 3 aliphatic carbocycles. The van der Waals surface area contributed by atoms with E-state index in [1.807, 2.05) is 0 Å². The summed E-state index contributed by atoms with van der Waals surface area (Å²) in [7, 11) is 0. The summed E-state index contributed by atoms with van der Waals surface area (Å²) in [6, 6.07) is 0. The molecule has 1 heteroatoms. The van der Waals surface area contributed by atoms with Crippen LogP contribution in [0.4, 0.5) is 0 Å². The highest BCUT2D eigenvalue weighted by molar-refractivity contribution is 5.22. The summed E-state index contributed by atoms with van der Waals surface area (Å²) < 4.78 is 6.15. The molecule has 0 radical (unpaired) electrons. The van der Waals surface area contributed by atoms with Crippen LogP contribution < -0.4 is 0 Å². The van der Waals surface area contributed by atoms with Crippen molar-refractivity contribution in [1.29, 1.82) is 0 Å². The summed E-state index contributed by atoms with van der Waals surface area (Å²) in [4.78, 5) is 0. The minimum absolute atomic E-state index is 0.424. The van der Waals surface area contributed by atoms with Gasteiger partial charge in [0.1, 0.15) is 0 Å². The van der Waals surface area contributed by atoms with Crippen molar-refractivity contribution in [2.75, 3.05) is 0 Å². The van der Waals surface area contributed by atoms with Gasteiger partial charge in [-0.1, -0.05) is 6.92 Å². The van der Waals surface area contributed by atoms with Gasteiger partial charge in [0.25, 0.3) is 0 Å². The molecule has 0 aromatic carbocycles. The summed E-state index contributed by atoms with van der Waals surface area (Å²) in [5.41, 5.74) is 0.424. The highest BCUT2D eigenvalue weighted by Gasteiger charge is 2.74. The first-order valence-corrected chi connectivity index (χ1v) is 5.50. The SMILES string of the molecule is CC1CCC2C3CC4OC12C4C3. The van der Waals surface area contributed by atoms with Crippen LogP contribution in [0.2, 0.25) is 0 Å². The Morgan fingerprint density at radius 3 is 2.92 bits per heavy atom. The molecule has 4 aliphatic rings. The van der Waals surface area contributed by atoms with Crippen LogP contribution in [0.25, 0.3) is 0 Å². The lowest BCUT2D eigenvalue weighted by Gasteiger charge is -2.57. The Bertz CT molecular complexity index is 249. The lowest BCUT2D eigenvalue weighted by Crippen LogP contribution is -2.63. The van der Waals surface area contributed by atoms with E-state index in [2.05, 4.69) is 6.92 Å². The molecule has 1 aliphatic heterocycles. The molecule has 6 unspecified atom stereocenters. The van der Waals surface area contributed by atoms with Gasteiger partial charge >= 0.3 is 0 Å². The van der Waals surface area contributed by atoms with Gasteiger partial charge in [0.15, 0.2) is 0 Å². The van der Waals surface area contributed by atoms with Crippen LogP contribution in [-0.4, -0.2) is 11.7 Å². The third-order valence-corrected chi connectivity index (χ3v) is 5.31. The standard InChI is InChI=1S/C11H16O/c1-6-2-3-8-7-4-9-10(5-7)12-11(6,8)9/h6-10H,2-5H2,1H3. The average Bonchev–Trinajstić information content (AvgIpc) is 2.62. The molecular formula is C11H16O. The summed E-state index contributed by atoms with van der Waals surface area (Å²) in [5.74, 6) is 3.90. The van der Waals surface area contributed by atoms with Gasteiger partial charge in [-0.25, -0.2) is 0 Å². The van der Waals surface area contributed by atoms with Gasteiger partial charge in [0.2, 0.25) is 0 Å². The van der Waals surface area contributed by atoms with Crippen molar-refractivity contribution < 1.29 is 4.74 Å². The normalized spacial score (nSPS) is 71.2. The molecule has 2 bridgehead atoms. The number of ether oxygens (including phenoxy) is 1. The van der Waals surface area contributed by atoms with Crippen LogP contribution in [0.5, 0.6) is 0 Å². The second kappa shape index (κ2) is 1.61. The fraction of sp³-hybridized carbons (Fsp3) is 1.00. The molecule has 1 spiro atoms. The lowest BCUT2D eigenvalue weighted by atomic mass is 9.67. The number of fused-ring (bicyclic) bond motifs is 2. The maximum Gasteiger partial charge on any atom is 0.0795 e. The first kappa shape index (κ1) is 6.42. The van der Waals surface area contributed by atoms with E-state index in [9.17, 15) is 0 Å². The molecule has 0 N–H and O–H groups in total. The maximum absolute atomic E-state index is 6.15. The van der Waals surface area contributed by atoms with E-state index in [1.165, 1.54) is 25.7 Å². The predicted molar refractivity (Wildman–Crippen MR) is 45.7 cm³/mol. The number of hydrogen-bond acceptors (Lipinski definition) is 1. The molecule has 0 aromatic heterocycles. The first-order valence-electron chi connectivity index (χ1n) is 5.50. The minimum Gasteiger partial charge on any atom is -0.370 e. The highest BCUT2D eigenvalue weighted by Crippen LogP contribution is 2.71. The second-order valence-electron chi connectivity index (χ2n) is 5.43. The van der Waals surface area contributed by atoms with E-state index >= 15 is 0 Å². The van der Waals surface area contributed by atoms with Crippen molar-refractivity contribution in [1.82, 2.24) is 0 Å². The zero-order valence-electron chi connectivity index (χ0n) is 7.62. The van der Waals surface area contributed by atoms with Gasteiger partial charge in [0.05, 0.1) is 11.7 Å². The van der Waals surface area contributed by atoms with E-state index in [0.29, 0.717) is 11.7 Å². The van der Waals surface area contributed by atoms with Gasteiger partial charge in [-0.2, -0.15) is 0 Å². The van der Waals surface area contributed by atoms with Crippen molar-refractivity contribution in [2.45, 2.75) is 44.3 Å². The van der Waals surface area contributed by atoms with Gasteiger partial charge in [-0.15, -0.1) is 0 Å². The van der Waals surface area contributed by atoms with Gasteiger partial charge in [0, 0.05) is 5.92 Å². The van der Waals surface area contributed by atoms with Crippen molar-refractivity contribution in [3.05, 3.63) is 0 Å². The van der Waals surface area contributed by atoms with E-state index in [1.54, 1.807) is 0 Å². The Hall–Kier alpha value is -0.0400. The molecule has 1 nitrogen and oxygen atoms in total. The molecule has 1 saturated heterocycles. The van der Waals surface area contributed by atoms with Gasteiger partial charge in [-0.05, 0) is 43.4 Å². The van der Waals surface area contributed by atoms with E-state index < -0.39 is 0 Å². The summed E-state index contributed by atoms with van der Waals surface area (Å²) >= 11 is 0. The number of hydrogen-bond donors (Lipinski definition) is 0. The quantitative estimate of drug-likeness (QED) is 0.533. The Morgan fingerprint density at radius 1 is 1.17 bits per heavy atom. The van der Waals surface area contributed by atoms with E-state index in [4.69, 9.17) is 4.74 Å². The fourth-order valence-corrected chi connectivity index (χ4v) is 4.94. The van der Waals surface area contributed by atoms with Crippen LogP contribution >= 0.6 is 0 Å². The molecule has 0 aromatic rings. The third kappa shape index (κ3) is 0.414. The molecule has 6 atom stereocenters. The molecule has 0 amide bonds. The largest absolute Gasteiger partial charge is 0.370 e. The molecule has 4 rings (SSSR count). The zero-order chi connectivity index (χ0) is 7.92. The fourth-order valence-electron chi connectivity index (χ4n) is 4.94. The van der Waals surface area contributed by atoms with Crippen LogP contribution in [0.1, 0.15) is 32.6 Å².